The summed E-state index contributed by atoms with van der Waals surface area (Å²) in [6.07, 6.45) is 1.77. The van der Waals surface area contributed by atoms with Gasteiger partial charge in [0.25, 0.3) is 11.5 Å². The Morgan fingerprint density at radius 2 is 1.82 bits per heavy atom. The summed E-state index contributed by atoms with van der Waals surface area (Å²) in [4.78, 5) is 24.2. The third-order valence-electron chi connectivity index (χ3n) is 3.66. The lowest BCUT2D eigenvalue weighted by Crippen LogP contribution is -2.36. The van der Waals surface area contributed by atoms with Crippen molar-refractivity contribution in [3.05, 3.63) is 57.9 Å². The molecule has 0 atom stereocenters. The maximum atomic E-state index is 12.5. The number of hydrogen-bond acceptors (Lipinski definition) is 3. The molecule has 2 aromatic rings. The molecule has 5 nitrogen and oxygen atoms in total. The number of benzene rings is 1. The number of carbonyl (C=O) groups is 1. The lowest BCUT2D eigenvalue weighted by molar-refractivity contribution is 0.0951. The minimum atomic E-state index is -0.567. The van der Waals surface area contributed by atoms with Crippen LogP contribution in [0, 0.1) is 0 Å². The van der Waals surface area contributed by atoms with Crippen LogP contribution in [0.4, 0.5) is 0 Å². The number of pyridine rings is 1. The molecule has 0 aliphatic heterocycles. The van der Waals surface area contributed by atoms with Crippen LogP contribution in [-0.2, 0) is 13.0 Å². The standard InChI is InChI=1S/C17H21N3O2/c1-3-11-20-15(13-7-5-12(4-2)6-8-13)10-9-14(17(20)22)16(21)19-18/h5-10H,3-4,11,18H2,1-2H3,(H,19,21). The molecule has 1 heterocycles. The molecular formula is C17H21N3O2. The second-order valence-electron chi connectivity index (χ2n) is 5.11. The van der Waals surface area contributed by atoms with E-state index < -0.39 is 5.91 Å². The number of nitrogens with two attached hydrogens (primary N) is 1. The molecule has 0 saturated heterocycles. The predicted octanol–water partition coefficient (Wildman–Crippen LogP) is 2.09. The zero-order valence-electron chi connectivity index (χ0n) is 12.9. The van der Waals surface area contributed by atoms with Crippen molar-refractivity contribution < 1.29 is 4.79 Å². The van der Waals surface area contributed by atoms with Crippen LogP contribution in [-0.4, -0.2) is 10.5 Å². The van der Waals surface area contributed by atoms with Gasteiger partial charge in [-0.2, -0.15) is 0 Å². The predicted molar refractivity (Wildman–Crippen MR) is 87.5 cm³/mol. The highest BCUT2D eigenvalue weighted by Gasteiger charge is 2.14. The Bertz CT molecular complexity index is 718. The number of aromatic nitrogens is 1. The van der Waals surface area contributed by atoms with Gasteiger partial charge in [0.1, 0.15) is 5.56 Å². The van der Waals surface area contributed by atoms with E-state index in [4.69, 9.17) is 5.84 Å². The normalized spacial score (nSPS) is 10.5. The van der Waals surface area contributed by atoms with Crippen molar-refractivity contribution in [1.82, 2.24) is 9.99 Å². The van der Waals surface area contributed by atoms with Crippen molar-refractivity contribution in [2.75, 3.05) is 0 Å². The molecule has 0 aliphatic carbocycles. The summed E-state index contributed by atoms with van der Waals surface area (Å²) < 4.78 is 1.63. The molecule has 0 spiro atoms. The van der Waals surface area contributed by atoms with Gasteiger partial charge >= 0.3 is 0 Å². The largest absolute Gasteiger partial charge is 0.308 e. The van der Waals surface area contributed by atoms with Crippen LogP contribution in [0.5, 0.6) is 0 Å². The highest BCUT2D eigenvalue weighted by Crippen LogP contribution is 2.20. The van der Waals surface area contributed by atoms with Crippen LogP contribution in [0.3, 0.4) is 0 Å². The number of aryl methyl sites for hydroxylation is 1. The Morgan fingerprint density at radius 3 is 2.36 bits per heavy atom. The lowest BCUT2D eigenvalue weighted by atomic mass is 10.1. The lowest BCUT2D eigenvalue weighted by Gasteiger charge is -2.14. The Labute approximate surface area is 129 Å². The first-order chi connectivity index (χ1) is 10.6. The molecule has 1 amide bonds. The second-order valence-corrected chi connectivity index (χ2v) is 5.11. The number of nitrogens with one attached hydrogen (secondary N) is 1. The molecule has 0 radical (unpaired) electrons. The van der Waals surface area contributed by atoms with Crippen LogP contribution in [0.25, 0.3) is 11.3 Å². The molecule has 5 heteroatoms. The Kier molecular flexibility index (Phi) is 5.12. The summed E-state index contributed by atoms with van der Waals surface area (Å²) in [6.45, 7) is 4.64. The number of hydrazine groups is 1. The first-order valence-electron chi connectivity index (χ1n) is 7.46. The second kappa shape index (κ2) is 7.04. The molecule has 0 bridgehead atoms. The quantitative estimate of drug-likeness (QED) is 0.504. The van der Waals surface area contributed by atoms with Gasteiger partial charge in [0.15, 0.2) is 0 Å². The summed E-state index contributed by atoms with van der Waals surface area (Å²) in [7, 11) is 0. The SMILES string of the molecule is CCCn1c(-c2ccc(CC)cc2)ccc(C(=O)NN)c1=O. The van der Waals surface area contributed by atoms with Crippen molar-refractivity contribution >= 4 is 5.91 Å². The van der Waals surface area contributed by atoms with Gasteiger partial charge in [-0.1, -0.05) is 38.1 Å². The number of nitrogen functional groups attached to an aromatic ring is 1. The topological polar surface area (TPSA) is 77.1 Å². The molecule has 1 aromatic carbocycles. The summed E-state index contributed by atoms with van der Waals surface area (Å²) in [5.74, 6) is 4.56. The van der Waals surface area contributed by atoms with Gasteiger partial charge in [0.2, 0.25) is 0 Å². The van der Waals surface area contributed by atoms with Crippen molar-refractivity contribution in [3.63, 3.8) is 0 Å². The maximum Gasteiger partial charge on any atom is 0.270 e. The van der Waals surface area contributed by atoms with Gasteiger partial charge in [-0.05, 0) is 36.1 Å². The fourth-order valence-electron chi connectivity index (χ4n) is 2.44. The van der Waals surface area contributed by atoms with Crippen LogP contribution < -0.4 is 16.8 Å². The van der Waals surface area contributed by atoms with Gasteiger partial charge in [0, 0.05) is 6.54 Å². The third kappa shape index (κ3) is 3.09. The molecule has 3 N–H and O–H groups in total. The van der Waals surface area contributed by atoms with E-state index in [-0.39, 0.29) is 11.1 Å². The van der Waals surface area contributed by atoms with Crippen molar-refractivity contribution in [3.8, 4) is 11.3 Å². The summed E-state index contributed by atoms with van der Waals surface area (Å²) in [6, 6.07) is 11.4. The summed E-state index contributed by atoms with van der Waals surface area (Å²) >= 11 is 0. The first-order valence-corrected chi connectivity index (χ1v) is 7.46. The van der Waals surface area contributed by atoms with Crippen LogP contribution in [0.1, 0.15) is 36.2 Å². The number of nitrogens with zero attached hydrogens (tertiary/aromatic N) is 1. The van der Waals surface area contributed by atoms with Gasteiger partial charge in [-0.25, -0.2) is 5.84 Å². The van der Waals surface area contributed by atoms with E-state index >= 15 is 0 Å². The highest BCUT2D eigenvalue weighted by atomic mass is 16.2. The summed E-state index contributed by atoms with van der Waals surface area (Å²) in [5.41, 5.74) is 4.77. The van der Waals surface area contributed by atoms with Gasteiger partial charge < -0.3 is 4.57 Å². The van der Waals surface area contributed by atoms with Crippen molar-refractivity contribution in [1.29, 1.82) is 0 Å². The number of carbonyl (C=O) groups excluding carboxylic acids is 1. The monoisotopic (exact) mass is 299 g/mol. The van der Waals surface area contributed by atoms with Crippen LogP contribution in [0.15, 0.2) is 41.2 Å². The Balaban J connectivity index is 2.57. The van der Waals surface area contributed by atoms with Crippen LogP contribution >= 0.6 is 0 Å². The van der Waals surface area contributed by atoms with Crippen LogP contribution in [0.2, 0.25) is 0 Å². The van der Waals surface area contributed by atoms with Gasteiger partial charge in [0.05, 0.1) is 5.69 Å². The number of amides is 1. The van der Waals surface area contributed by atoms with Gasteiger partial charge in [-0.3, -0.25) is 15.0 Å². The Hall–Kier alpha value is -2.40. The van der Waals surface area contributed by atoms with E-state index in [9.17, 15) is 9.59 Å². The van der Waals surface area contributed by atoms with E-state index in [0.717, 1.165) is 24.1 Å². The van der Waals surface area contributed by atoms with E-state index in [1.54, 1.807) is 10.6 Å². The molecule has 0 aliphatic rings. The summed E-state index contributed by atoms with van der Waals surface area (Å²) in [5, 5.41) is 0. The van der Waals surface area contributed by atoms with E-state index in [1.807, 2.05) is 24.5 Å². The van der Waals surface area contributed by atoms with E-state index in [1.165, 1.54) is 11.6 Å². The van der Waals surface area contributed by atoms with E-state index in [0.29, 0.717) is 6.54 Å². The average molecular weight is 299 g/mol. The minimum absolute atomic E-state index is 0.0601. The molecule has 22 heavy (non-hydrogen) atoms. The molecule has 0 fully saturated rings. The fraction of sp³-hybridized carbons (Fsp3) is 0.294. The highest BCUT2D eigenvalue weighted by molar-refractivity contribution is 5.93. The number of rotatable bonds is 5. The van der Waals surface area contributed by atoms with Crippen molar-refractivity contribution in [2.24, 2.45) is 5.84 Å². The smallest absolute Gasteiger partial charge is 0.270 e. The molecule has 2 rings (SSSR count). The maximum absolute atomic E-state index is 12.5. The molecule has 1 aromatic heterocycles. The number of hydrogen-bond donors (Lipinski definition) is 2. The minimum Gasteiger partial charge on any atom is -0.308 e. The Morgan fingerprint density at radius 1 is 1.14 bits per heavy atom. The molecule has 0 saturated carbocycles. The molecular weight excluding hydrogens is 278 g/mol. The van der Waals surface area contributed by atoms with Gasteiger partial charge in [-0.15, -0.1) is 0 Å². The zero-order chi connectivity index (χ0) is 16.1. The van der Waals surface area contributed by atoms with E-state index in [2.05, 4.69) is 19.1 Å². The average Bonchev–Trinajstić information content (AvgIpc) is 2.56. The first kappa shape index (κ1) is 16.0. The molecule has 116 valence electrons. The third-order valence-corrected chi connectivity index (χ3v) is 3.66. The zero-order valence-corrected chi connectivity index (χ0v) is 12.9. The fourth-order valence-corrected chi connectivity index (χ4v) is 2.44. The van der Waals surface area contributed by atoms with Crippen molar-refractivity contribution in [2.45, 2.75) is 33.2 Å². The molecule has 0 unspecified atom stereocenters.